The van der Waals surface area contributed by atoms with Gasteiger partial charge in [0.1, 0.15) is 11.6 Å². The second-order valence-electron chi connectivity index (χ2n) is 6.39. The van der Waals surface area contributed by atoms with Crippen LogP contribution >= 0.6 is 0 Å². The molecule has 148 valence electrons. The number of H-pyrrole nitrogens is 2. The number of ether oxygens (including phenoxy) is 2. The fourth-order valence-electron chi connectivity index (χ4n) is 3.16. The van der Waals surface area contributed by atoms with Gasteiger partial charge in [0.25, 0.3) is 0 Å². The highest BCUT2D eigenvalue weighted by Crippen LogP contribution is 2.28. The minimum absolute atomic E-state index is 0.0568. The summed E-state index contributed by atoms with van der Waals surface area (Å²) in [6, 6.07) is 5.60. The van der Waals surface area contributed by atoms with E-state index in [1.165, 1.54) is 12.1 Å². The SMILES string of the molecule is FC(F)(F)Oc1ccc(-c2cnc([C@@H]3COCCN3Cc3cnc[nH]3)[nH]2)cc1. The Balaban J connectivity index is 1.49. The quantitative estimate of drug-likeness (QED) is 0.696. The molecule has 2 aromatic heterocycles. The van der Waals surface area contributed by atoms with Crippen LogP contribution in [0.2, 0.25) is 0 Å². The first kappa shape index (κ1) is 18.5. The Hall–Kier alpha value is -2.85. The van der Waals surface area contributed by atoms with Crippen LogP contribution in [0.4, 0.5) is 13.2 Å². The van der Waals surface area contributed by atoms with Crippen molar-refractivity contribution in [3.8, 4) is 17.0 Å². The van der Waals surface area contributed by atoms with Crippen LogP contribution in [0.1, 0.15) is 17.6 Å². The van der Waals surface area contributed by atoms with Gasteiger partial charge in [-0.1, -0.05) is 0 Å². The van der Waals surface area contributed by atoms with Crippen LogP contribution in [-0.4, -0.2) is 51.0 Å². The minimum atomic E-state index is -4.71. The number of alkyl halides is 3. The van der Waals surface area contributed by atoms with E-state index in [0.29, 0.717) is 31.0 Å². The number of benzene rings is 1. The van der Waals surface area contributed by atoms with E-state index < -0.39 is 6.36 Å². The summed E-state index contributed by atoms with van der Waals surface area (Å²) >= 11 is 0. The molecule has 0 bridgehead atoms. The zero-order valence-corrected chi connectivity index (χ0v) is 14.7. The summed E-state index contributed by atoms with van der Waals surface area (Å²) in [6.45, 7) is 2.58. The van der Waals surface area contributed by atoms with Gasteiger partial charge in [0, 0.05) is 25.0 Å². The van der Waals surface area contributed by atoms with E-state index in [1.807, 2.05) is 0 Å². The number of hydrogen-bond acceptors (Lipinski definition) is 5. The predicted molar refractivity (Wildman–Crippen MR) is 93.3 cm³/mol. The third kappa shape index (κ3) is 4.34. The van der Waals surface area contributed by atoms with E-state index in [0.717, 1.165) is 18.1 Å². The number of nitrogens with zero attached hydrogens (tertiary/aromatic N) is 3. The second kappa shape index (κ2) is 7.64. The van der Waals surface area contributed by atoms with Crippen molar-refractivity contribution < 1.29 is 22.6 Å². The summed E-state index contributed by atoms with van der Waals surface area (Å²) in [7, 11) is 0. The third-order valence-electron chi connectivity index (χ3n) is 4.48. The molecule has 1 aromatic carbocycles. The molecule has 0 aliphatic carbocycles. The Bertz CT molecular complexity index is 893. The minimum Gasteiger partial charge on any atom is -0.406 e. The summed E-state index contributed by atoms with van der Waals surface area (Å²) in [5.41, 5.74) is 2.42. The standard InChI is InChI=1S/C18H18F3N5O2/c19-18(20,21)28-14-3-1-12(2-4-14)15-8-23-17(25-15)16-10-27-6-5-26(16)9-13-7-22-11-24-13/h1-4,7-8,11,16H,5-6,9-10H2,(H,22,24)(H,23,25)/t16-/m0/s1. The lowest BCUT2D eigenvalue weighted by Gasteiger charge is -2.33. The lowest BCUT2D eigenvalue weighted by atomic mass is 10.1. The number of morpholine rings is 1. The van der Waals surface area contributed by atoms with Crippen molar-refractivity contribution >= 4 is 0 Å². The van der Waals surface area contributed by atoms with E-state index in [2.05, 4.69) is 29.6 Å². The van der Waals surface area contributed by atoms with Crippen molar-refractivity contribution in [1.29, 1.82) is 0 Å². The van der Waals surface area contributed by atoms with Crippen molar-refractivity contribution in [2.75, 3.05) is 19.8 Å². The smallest absolute Gasteiger partial charge is 0.406 e. The van der Waals surface area contributed by atoms with Crippen LogP contribution in [0, 0.1) is 0 Å². The van der Waals surface area contributed by atoms with E-state index in [-0.39, 0.29) is 11.8 Å². The van der Waals surface area contributed by atoms with Crippen LogP contribution in [0.15, 0.2) is 43.0 Å². The van der Waals surface area contributed by atoms with E-state index in [4.69, 9.17) is 4.74 Å². The zero-order chi connectivity index (χ0) is 19.6. The van der Waals surface area contributed by atoms with Gasteiger partial charge in [0.05, 0.1) is 37.5 Å². The van der Waals surface area contributed by atoms with Crippen LogP contribution in [0.3, 0.4) is 0 Å². The van der Waals surface area contributed by atoms with Gasteiger partial charge in [-0.25, -0.2) is 9.97 Å². The van der Waals surface area contributed by atoms with Gasteiger partial charge in [-0.3, -0.25) is 4.90 Å². The maximum atomic E-state index is 12.3. The Morgan fingerprint density at radius 3 is 2.75 bits per heavy atom. The molecule has 28 heavy (non-hydrogen) atoms. The number of nitrogens with one attached hydrogen (secondary N) is 2. The zero-order valence-electron chi connectivity index (χ0n) is 14.7. The average molecular weight is 393 g/mol. The molecule has 0 amide bonds. The van der Waals surface area contributed by atoms with Gasteiger partial charge in [-0.2, -0.15) is 0 Å². The van der Waals surface area contributed by atoms with Gasteiger partial charge in [-0.15, -0.1) is 13.2 Å². The molecule has 0 saturated carbocycles. The number of aromatic nitrogens is 4. The summed E-state index contributed by atoms with van der Waals surface area (Å²) in [4.78, 5) is 17.1. The Labute approximate surface area is 158 Å². The molecule has 1 atom stereocenters. The summed E-state index contributed by atoms with van der Waals surface area (Å²) in [5.74, 6) is 0.479. The molecule has 3 aromatic rings. The van der Waals surface area contributed by atoms with Crippen molar-refractivity contribution in [3.05, 3.63) is 54.5 Å². The topological polar surface area (TPSA) is 79.1 Å². The normalized spacial score (nSPS) is 18.3. The average Bonchev–Trinajstić information content (AvgIpc) is 3.34. The highest BCUT2D eigenvalue weighted by Gasteiger charge is 2.31. The van der Waals surface area contributed by atoms with E-state index in [1.54, 1.807) is 30.9 Å². The highest BCUT2D eigenvalue weighted by atomic mass is 19.4. The molecule has 0 unspecified atom stereocenters. The van der Waals surface area contributed by atoms with Gasteiger partial charge in [-0.05, 0) is 29.8 Å². The maximum Gasteiger partial charge on any atom is 0.573 e. The molecule has 2 N–H and O–H groups in total. The lowest BCUT2D eigenvalue weighted by molar-refractivity contribution is -0.274. The summed E-state index contributed by atoms with van der Waals surface area (Å²) in [5, 5.41) is 0. The van der Waals surface area contributed by atoms with Gasteiger partial charge in [0.2, 0.25) is 0 Å². The number of aromatic amines is 2. The first-order chi connectivity index (χ1) is 13.5. The molecule has 1 aliphatic heterocycles. The first-order valence-corrected chi connectivity index (χ1v) is 8.68. The molecule has 3 heterocycles. The molecule has 1 fully saturated rings. The molecular formula is C18H18F3N5O2. The molecule has 1 aliphatic rings. The second-order valence-corrected chi connectivity index (χ2v) is 6.39. The Kier molecular flexibility index (Phi) is 5.05. The number of halogens is 3. The van der Waals surface area contributed by atoms with Gasteiger partial charge >= 0.3 is 6.36 Å². The van der Waals surface area contributed by atoms with Crippen LogP contribution < -0.4 is 4.74 Å². The van der Waals surface area contributed by atoms with Crippen molar-refractivity contribution in [2.45, 2.75) is 18.9 Å². The molecular weight excluding hydrogens is 375 g/mol. The van der Waals surface area contributed by atoms with Gasteiger partial charge in [0.15, 0.2) is 0 Å². The van der Waals surface area contributed by atoms with E-state index >= 15 is 0 Å². The van der Waals surface area contributed by atoms with Crippen LogP contribution in [-0.2, 0) is 11.3 Å². The Morgan fingerprint density at radius 2 is 2.04 bits per heavy atom. The third-order valence-corrected chi connectivity index (χ3v) is 4.48. The van der Waals surface area contributed by atoms with E-state index in [9.17, 15) is 13.2 Å². The Morgan fingerprint density at radius 1 is 1.21 bits per heavy atom. The largest absolute Gasteiger partial charge is 0.573 e. The van der Waals surface area contributed by atoms with Gasteiger partial charge < -0.3 is 19.4 Å². The fourth-order valence-corrected chi connectivity index (χ4v) is 3.16. The first-order valence-electron chi connectivity index (χ1n) is 8.68. The molecule has 10 heteroatoms. The molecule has 4 rings (SSSR count). The van der Waals surface area contributed by atoms with Crippen LogP contribution in [0.5, 0.6) is 5.75 Å². The number of rotatable bonds is 5. The summed E-state index contributed by atoms with van der Waals surface area (Å²) < 4.78 is 46.4. The number of imidazole rings is 2. The highest BCUT2D eigenvalue weighted by molar-refractivity contribution is 5.59. The molecule has 0 spiro atoms. The van der Waals surface area contributed by atoms with Crippen LogP contribution in [0.25, 0.3) is 11.3 Å². The predicted octanol–water partition coefficient (Wildman–Crippen LogP) is 3.27. The number of hydrogen-bond donors (Lipinski definition) is 2. The molecule has 1 saturated heterocycles. The summed E-state index contributed by atoms with van der Waals surface area (Å²) in [6.07, 6.45) is 0.381. The van der Waals surface area contributed by atoms with Crippen molar-refractivity contribution in [1.82, 2.24) is 24.8 Å². The lowest BCUT2D eigenvalue weighted by Crippen LogP contribution is -2.39. The van der Waals surface area contributed by atoms with Crippen molar-refractivity contribution in [3.63, 3.8) is 0 Å². The monoisotopic (exact) mass is 393 g/mol. The molecule has 7 nitrogen and oxygen atoms in total. The van der Waals surface area contributed by atoms with Crippen molar-refractivity contribution in [2.24, 2.45) is 0 Å². The molecule has 0 radical (unpaired) electrons. The fraction of sp³-hybridized carbons (Fsp3) is 0.333. The maximum absolute atomic E-state index is 12.3.